The zero-order valence-electron chi connectivity index (χ0n) is 16.0. The monoisotopic (exact) mass is 487 g/mol. The topological polar surface area (TPSA) is 52.6 Å². The zero-order valence-corrected chi connectivity index (χ0v) is 19.2. The van der Waals surface area contributed by atoms with Crippen molar-refractivity contribution in [3.05, 3.63) is 52.0 Å². The molecule has 0 aliphatic rings. The van der Waals surface area contributed by atoms with Crippen LogP contribution in [0.3, 0.4) is 0 Å². The van der Waals surface area contributed by atoms with Crippen molar-refractivity contribution in [2.24, 2.45) is 4.99 Å². The second kappa shape index (κ2) is 12.2. The largest absolute Gasteiger partial charge is 0.357 e. The molecule has 1 heterocycles. The normalized spacial score (nSPS) is 12.6. The molecule has 26 heavy (non-hydrogen) atoms. The van der Waals surface area contributed by atoms with Crippen LogP contribution >= 0.6 is 35.3 Å². The number of hydrogen-bond donors (Lipinski definition) is 2. The molecule has 1 aromatic heterocycles. The maximum atomic E-state index is 4.64. The van der Waals surface area contributed by atoms with Crippen molar-refractivity contribution in [2.75, 3.05) is 20.1 Å². The number of likely N-dealkylation sites (N-methyl/N-ethyl adjacent to an activating group) is 1. The Labute approximate surface area is 178 Å². The molecule has 2 rings (SSSR count). The van der Waals surface area contributed by atoms with Gasteiger partial charge in [0.15, 0.2) is 5.96 Å². The summed E-state index contributed by atoms with van der Waals surface area (Å²) in [5, 5.41) is 7.78. The highest BCUT2D eigenvalue weighted by molar-refractivity contribution is 14.0. The van der Waals surface area contributed by atoms with E-state index in [1.807, 2.05) is 6.20 Å². The van der Waals surface area contributed by atoms with Gasteiger partial charge < -0.3 is 10.6 Å². The number of guanidine groups is 1. The molecule has 2 N–H and O–H groups in total. The zero-order chi connectivity index (χ0) is 18.1. The lowest BCUT2D eigenvalue weighted by molar-refractivity contribution is 0.249. The second-order valence-electron chi connectivity index (χ2n) is 6.19. The third-order valence-electron chi connectivity index (χ3n) is 3.98. The Kier molecular flexibility index (Phi) is 10.8. The van der Waals surface area contributed by atoms with Crippen molar-refractivity contribution >= 4 is 41.3 Å². The number of thiazole rings is 1. The SMILES string of the molecule is CCNC(=NCc1ncc(C)s1)NCC(C)N(C)Cc1ccccc1.I. The average molecular weight is 487 g/mol. The molecule has 1 atom stereocenters. The van der Waals surface area contributed by atoms with Gasteiger partial charge in [0.1, 0.15) is 5.01 Å². The van der Waals surface area contributed by atoms with E-state index in [-0.39, 0.29) is 24.0 Å². The van der Waals surface area contributed by atoms with Crippen LogP contribution in [0, 0.1) is 6.92 Å². The molecule has 144 valence electrons. The van der Waals surface area contributed by atoms with Gasteiger partial charge in [0.2, 0.25) is 0 Å². The highest BCUT2D eigenvalue weighted by Gasteiger charge is 2.10. The predicted molar refractivity (Wildman–Crippen MR) is 122 cm³/mol. The van der Waals surface area contributed by atoms with E-state index in [2.05, 4.69) is 83.7 Å². The lowest BCUT2D eigenvalue weighted by Gasteiger charge is -2.25. The highest BCUT2D eigenvalue weighted by Crippen LogP contribution is 2.11. The molecular formula is C19H30IN5S. The van der Waals surface area contributed by atoms with Gasteiger partial charge in [0.05, 0.1) is 6.54 Å². The van der Waals surface area contributed by atoms with Gasteiger partial charge in [-0.3, -0.25) is 4.90 Å². The average Bonchev–Trinajstić information content (AvgIpc) is 3.03. The summed E-state index contributed by atoms with van der Waals surface area (Å²) in [4.78, 5) is 12.6. The van der Waals surface area contributed by atoms with E-state index in [9.17, 15) is 0 Å². The molecule has 7 heteroatoms. The smallest absolute Gasteiger partial charge is 0.191 e. The molecule has 2 aromatic rings. The Hall–Kier alpha value is -1.19. The first-order valence-corrected chi connectivity index (χ1v) is 9.57. The Balaban J connectivity index is 0.00000338. The molecule has 0 saturated heterocycles. The van der Waals surface area contributed by atoms with Crippen molar-refractivity contribution in [3.63, 3.8) is 0 Å². The second-order valence-corrected chi connectivity index (χ2v) is 7.51. The van der Waals surface area contributed by atoms with Gasteiger partial charge in [-0.1, -0.05) is 30.3 Å². The lowest BCUT2D eigenvalue weighted by atomic mass is 10.2. The molecule has 0 spiro atoms. The Morgan fingerprint density at radius 2 is 2.00 bits per heavy atom. The Morgan fingerprint density at radius 3 is 2.62 bits per heavy atom. The molecule has 1 aromatic carbocycles. The standard InChI is InChI=1S/C19H29N5S.HI/c1-5-20-19(23-13-18-21-12-16(3)25-18)22-11-15(2)24(4)14-17-9-7-6-8-10-17;/h6-10,12,15H,5,11,13-14H2,1-4H3,(H2,20,22,23);1H. The number of benzene rings is 1. The molecule has 0 amide bonds. The first kappa shape index (κ1) is 22.9. The molecule has 0 aliphatic carbocycles. The molecule has 0 aliphatic heterocycles. The van der Waals surface area contributed by atoms with E-state index in [1.165, 1.54) is 10.4 Å². The summed E-state index contributed by atoms with van der Waals surface area (Å²) in [5.74, 6) is 0.843. The number of aliphatic imine (C=N–C) groups is 1. The summed E-state index contributed by atoms with van der Waals surface area (Å²) >= 11 is 1.70. The van der Waals surface area contributed by atoms with E-state index in [4.69, 9.17) is 0 Å². The van der Waals surface area contributed by atoms with E-state index in [0.29, 0.717) is 12.6 Å². The number of hydrogen-bond acceptors (Lipinski definition) is 4. The molecule has 0 saturated carbocycles. The summed E-state index contributed by atoms with van der Waals surface area (Å²) in [6, 6.07) is 10.9. The van der Waals surface area contributed by atoms with E-state index in [1.54, 1.807) is 11.3 Å². The van der Waals surface area contributed by atoms with E-state index in [0.717, 1.165) is 30.6 Å². The minimum atomic E-state index is 0. The predicted octanol–water partition coefficient (Wildman–Crippen LogP) is 3.65. The number of aryl methyl sites for hydroxylation is 1. The van der Waals surface area contributed by atoms with E-state index < -0.39 is 0 Å². The fourth-order valence-corrected chi connectivity index (χ4v) is 3.10. The highest BCUT2D eigenvalue weighted by atomic mass is 127. The van der Waals surface area contributed by atoms with Crippen LogP contribution in [0.1, 0.15) is 29.3 Å². The number of aromatic nitrogens is 1. The van der Waals surface area contributed by atoms with Crippen molar-refractivity contribution in [1.82, 2.24) is 20.5 Å². The molecule has 0 radical (unpaired) electrons. The quantitative estimate of drug-likeness (QED) is 0.339. The third-order valence-corrected chi connectivity index (χ3v) is 4.88. The van der Waals surface area contributed by atoms with Crippen LogP contribution in [0.25, 0.3) is 0 Å². The van der Waals surface area contributed by atoms with Gasteiger partial charge in [-0.2, -0.15) is 0 Å². The summed E-state index contributed by atoms with van der Waals surface area (Å²) in [5.41, 5.74) is 1.33. The van der Waals surface area contributed by atoms with Crippen molar-refractivity contribution in [1.29, 1.82) is 0 Å². The summed E-state index contributed by atoms with van der Waals surface area (Å²) in [6.45, 7) is 9.61. The number of nitrogens with one attached hydrogen (secondary N) is 2. The summed E-state index contributed by atoms with van der Waals surface area (Å²) < 4.78 is 0. The Morgan fingerprint density at radius 1 is 1.27 bits per heavy atom. The van der Waals surface area contributed by atoms with Gasteiger partial charge in [0, 0.05) is 36.8 Å². The third kappa shape index (κ3) is 8.01. The minimum absolute atomic E-state index is 0. The molecule has 5 nitrogen and oxygen atoms in total. The van der Waals surface area contributed by atoms with Crippen LogP contribution in [0.5, 0.6) is 0 Å². The van der Waals surface area contributed by atoms with Crippen LogP contribution in [0.15, 0.2) is 41.5 Å². The van der Waals surface area contributed by atoms with Gasteiger partial charge >= 0.3 is 0 Å². The van der Waals surface area contributed by atoms with Crippen molar-refractivity contribution in [3.8, 4) is 0 Å². The van der Waals surface area contributed by atoms with Crippen molar-refractivity contribution < 1.29 is 0 Å². The number of nitrogens with zero attached hydrogens (tertiary/aromatic N) is 3. The minimum Gasteiger partial charge on any atom is -0.357 e. The maximum Gasteiger partial charge on any atom is 0.191 e. The molecule has 1 unspecified atom stereocenters. The summed E-state index contributed by atoms with van der Waals surface area (Å²) in [7, 11) is 2.15. The van der Waals surface area contributed by atoms with Crippen LogP contribution in [0.2, 0.25) is 0 Å². The van der Waals surface area contributed by atoms with Crippen LogP contribution < -0.4 is 10.6 Å². The Bertz CT molecular complexity index is 659. The fraction of sp³-hybridized carbons (Fsp3) is 0.474. The molecule has 0 bridgehead atoms. The summed E-state index contributed by atoms with van der Waals surface area (Å²) in [6.07, 6.45) is 1.90. The molecular weight excluding hydrogens is 457 g/mol. The number of halogens is 1. The van der Waals surface area contributed by atoms with Crippen LogP contribution in [-0.4, -0.2) is 42.0 Å². The lowest BCUT2D eigenvalue weighted by Crippen LogP contribution is -2.44. The first-order chi connectivity index (χ1) is 12.1. The number of rotatable bonds is 8. The van der Waals surface area contributed by atoms with Crippen LogP contribution in [0.4, 0.5) is 0 Å². The van der Waals surface area contributed by atoms with E-state index >= 15 is 0 Å². The maximum absolute atomic E-state index is 4.64. The van der Waals surface area contributed by atoms with Crippen LogP contribution in [-0.2, 0) is 13.1 Å². The van der Waals surface area contributed by atoms with Gasteiger partial charge in [0.25, 0.3) is 0 Å². The first-order valence-electron chi connectivity index (χ1n) is 8.76. The van der Waals surface area contributed by atoms with Gasteiger partial charge in [-0.15, -0.1) is 35.3 Å². The van der Waals surface area contributed by atoms with Crippen molar-refractivity contribution in [2.45, 2.75) is 39.9 Å². The fourth-order valence-electron chi connectivity index (χ4n) is 2.39. The van der Waals surface area contributed by atoms with Gasteiger partial charge in [-0.05, 0) is 33.4 Å². The molecule has 0 fully saturated rings. The van der Waals surface area contributed by atoms with Gasteiger partial charge in [-0.25, -0.2) is 9.98 Å².